The molecule has 2 heterocycles. The molecule has 1 aromatic heterocycles. The van der Waals surface area contributed by atoms with Crippen molar-refractivity contribution in [3.05, 3.63) is 22.7 Å². The van der Waals surface area contributed by atoms with Crippen molar-refractivity contribution in [1.29, 1.82) is 0 Å². The molecule has 6 atom stereocenters. The third-order valence-corrected chi connectivity index (χ3v) is 13.9. The number of esters is 1. The molecule has 13 nitrogen and oxygen atoms in total. The van der Waals surface area contributed by atoms with Crippen LogP contribution in [-0.4, -0.2) is 81.8 Å². The van der Waals surface area contributed by atoms with Crippen molar-refractivity contribution in [2.45, 2.75) is 237 Å². The second kappa shape index (κ2) is 36.7. The Kier molecular flexibility index (Phi) is 33.5. The summed E-state index contributed by atoms with van der Waals surface area (Å²) in [4.78, 5) is 39.6. The zero-order valence-corrected chi connectivity index (χ0v) is 40.8. The molecule has 0 spiro atoms. The van der Waals surface area contributed by atoms with E-state index in [-0.39, 0.29) is 24.8 Å². The Morgan fingerprint density at radius 2 is 1.26 bits per heavy atom. The van der Waals surface area contributed by atoms with Gasteiger partial charge in [-0.05, 0) is 24.7 Å². The van der Waals surface area contributed by atoms with Crippen molar-refractivity contribution in [3.63, 3.8) is 0 Å². The van der Waals surface area contributed by atoms with Crippen LogP contribution < -0.4 is 11.4 Å². The maximum atomic E-state index is 13.0. The summed E-state index contributed by atoms with van der Waals surface area (Å²) in [6, 6.07) is 1.41. The quantitative estimate of drug-likeness (QED) is 0.0320. The van der Waals surface area contributed by atoms with Gasteiger partial charge in [0.2, 0.25) is 0 Å². The van der Waals surface area contributed by atoms with Gasteiger partial charge in [-0.15, -0.1) is 0 Å². The fourth-order valence-electron chi connectivity index (χ4n) is 7.95. The van der Waals surface area contributed by atoms with Crippen LogP contribution in [0.2, 0.25) is 0 Å². The van der Waals surface area contributed by atoms with Crippen molar-refractivity contribution in [3.8, 4) is 0 Å². The summed E-state index contributed by atoms with van der Waals surface area (Å²) in [6.45, 7) is 3.66. The van der Waals surface area contributed by atoms with Crippen molar-refractivity contribution >= 4 is 31.4 Å². The second-order valence-electron chi connectivity index (χ2n) is 17.3. The molecule has 2 rings (SSSR count). The summed E-state index contributed by atoms with van der Waals surface area (Å²) in [5, 5.41) is 10.9. The molecule has 0 saturated carbocycles. The lowest BCUT2D eigenvalue weighted by Crippen LogP contribution is -2.37. The molecule has 1 aliphatic rings. The SMILES string of the molecule is CCCCCCCCCCCCCCCCCCSCC(COP(=O)(O)OCC1OC(n2ccc(N)nc2=O)C(OC)C1O)OC(=O)CCCCCCCCCCCCCCC. The number of phosphoric ester groups is 1. The number of anilines is 1. The van der Waals surface area contributed by atoms with E-state index in [0.717, 1.165) is 42.4 Å². The van der Waals surface area contributed by atoms with Crippen molar-refractivity contribution in [2.75, 3.05) is 37.6 Å². The van der Waals surface area contributed by atoms with Gasteiger partial charge < -0.3 is 29.9 Å². The number of nitrogen functional groups attached to an aromatic ring is 1. The van der Waals surface area contributed by atoms with E-state index in [4.69, 9.17) is 29.0 Å². The summed E-state index contributed by atoms with van der Waals surface area (Å²) in [5.74, 6) is 1.00. The first-order valence-corrected chi connectivity index (χ1v) is 27.4. The number of ether oxygens (including phenoxy) is 3. The van der Waals surface area contributed by atoms with Crippen LogP contribution in [0.4, 0.5) is 5.82 Å². The van der Waals surface area contributed by atoms with Gasteiger partial charge in [0.15, 0.2) is 6.23 Å². The van der Waals surface area contributed by atoms with Crippen LogP contribution in [0.25, 0.3) is 0 Å². The first kappa shape index (κ1) is 56.6. The Morgan fingerprint density at radius 3 is 1.73 bits per heavy atom. The van der Waals surface area contributed by atoms with Gasteiger partial charge in [-0.1, -0.05) is 187 Å². The van der Waals surface area contributed by atoms with Gasteiger partial charge in [0.05, 0.1) is 13.2 Å². The number of hydrogen-bond acceptors (Lipinski definition) is 12. The van der Waals surface area contributed by atoms with Crippen molar-refractivity contribution in [1.82, 2.24) is 9.55 Å². The number of aliphatic hydroxyl groups is 1. The summed E-state index contributed by atoms with van der Waals surface area (Å²) in [6.07, 6.45) is 33.3. The van der Waals surface area contributed by atoms with Crippen LogP contribution in [0.15, 0.2) is 17.1 Å². The van der Waals surface area contributed by atoms with Gasteiger partial charge in [0.1, 0.15) is 30.2 Å². The summed E-state index contributed by atoms with van der Waals surface area (Å²) in [5.41, 5.74) is 4.90. The molecular formula is C47H88N3O10PS. The van der Waals surface area contributed by atoms with Crippen LogP contribution in [0.5, 0.6) is 0 Å². The highest BCUT2D eigenvalue weighted by atomic mass is 32.2. The number of nitrogens with two attached hydrogens (primary N) is 1. The fourth-order valence-corrected chi connectivity index (χ4v) is 9.72. The van der Waals surface area contributed by atoms with E-state index in [9.17, 15) is 24.2 Å². The first-order chi connectivity index (χ1) is 30.1. The number of nitrogens with zero attached hydrogens (tertiary/aromatic N) is 2. The highest BCUT2D eigenvalue weighted by Crippen LogP contribution is 2.45. The van der Waals surface area contributed by atoms with E-state index in [0.29, 0.717) is 5.75 Å². The lowest BCUT2D eigenvalue weighted by atomic mass is 10.0. The zero-order valence-electron chi connectivity index (χ0n) is 39.1. The van der Waals surface area contributed by atoms with Gasteiger partial charge in [0, 0.05) is 25.5 Å². The van der Waals surface area contributed by atoms with E-state index in [1.54, 1.807) is 11.8 Å². The predicted octanol–water partition coefficient (Wildman–Crippen LogP) is 11.6. The number of carbonyl (C=O) groups is 1. The minimum absolute atomic E-state index is 0.0270. The van der Waals surface area contributed by atoms with Crippen LogP contribution in [0, 0.1) is 0 Å². The maximum Gasteiger partial charge on any atom is 0.472 e. The average Bonchev–Trinajstić information content (AvgIpc) is 3.57. The van der Waals surface area contributed by atoms with Crippen LogP contribution in [0.1, 0.15) is 213 Å². The molecule has 1 saturated heterocycles. The number of rotatable bonds is 42. The number of unbranched alkanes of at least 4 members (excludes halogenated alkanes) is 27. The van der Waals surface area contributed by atoms with E-state index >= 15 is 0 Å². The topological polar surface area (TPSA) is 182 Å². The highest BCUT2D eigenvalue weighted by Gasteiger charge is 2.46. The van der Waals surface area contributed by atoms with Crippen molar-refractivity contribution in [2.24, 2.45) is 0 Å². The van der Waals surface area contributed by atoms with Gasteiger partial charge in [-0.2, -0.15) is 16.7 Å². The Morgan fingerprint density at radius 1 is 0.790 bits per heavy atom. The van der Waals surface area contributed by atoms with Crippen molar-refractivity contribution < 1.29 is 42.6 Å². The number of aliphatic hydroxyl groups excluding tert-OH is 1. The zero-order chi connectivity index (χ0) is 45.1. The number of carbonyl (C=O) groups excluding carboxylic acids is 1. The Balaban J connectivity index is 1.73. The Labute approximate surface area is 379 Å². The molecule has 1 aliphatic heterocycles. The molecule has 0 bridgehead atoms. The average molecular weight is 918 g/mol. The molecule has 62 heavy (non-hydrogen) atoms. The smallest absolute Gasteiger partial charge is 0.459 e. The highest BCUT2D eigenvalue weighted by molar-refractivity contribution is 7.99. The third kappa shape index (κ3) is 27.1. The van der Waals surface area contributed by atoms with E-state index in [2.05, 4.69) is 18.8 Å². The number of phosphoric acid groups is 1. The monoisotopic (exact) mass is 918 g/mol. The molecule has 4 N–H and O–H groups in total. The standard InChI is InChI=1S/C47H88N3O10PS/c1-4-6-8-10-12-14-16-18-19-20-22-24-26-28-30-32-36-62-39-40(59-43(51)33-31-29-27-25-23-21-17-15-13-11-9-7-5-2)37-57-61(54,55)58-38-41-44(52)45(56-3)46(60-41)50-35-34-42(48)49-47(50)53/h34-35,40-41,44-46,52H,4-33,36-39H2,1-3H3,(H,54,55)(H2,48,49,53). The second-order valence-corrected chi connectivity index (χ2v) is 19.9. The summed E-state index contributed by atoms with van der Waals surface area (Å²) < 4.78 is 41.7. The first-order valence-electron chi connectivity index (χ1n) is 24.7. The Hall–Kier alpha value is -1.51. The molecule has 0 radical (unpaired) electrons. The summed E-state index contributed by atoms with van der Waals surface area (Å²) in [7, 11) is -3.32. The van der Waals surface area contributed by atoms with Crippen LogP contribution >= 0.6 is 19.6 Å². The number of methoxy groups -OCH3 is 1. The number of aromatic nitrogens is 2. The molecule has 0 aromatic carbocycles. The largest absolute Gasteiger partial charge is 0.472 e. The Bertz CT molecular complexity index is 1360. The number of hydrogen-bond donors (Lipinski definition) is 3. The van der Waals surface area contributed by atoms with Gasteiger partial charge in [0.25, 0.3) is 0 Å². The normalized spacial score (nSPS) is 19.2. The molecule has 6 unspecified atom stereocenters. The predicted molar refractivity (Wildman–Crippen MR) is 252 cm³/mol. The fraction of sp³-hybridized carbons (Fsp3) is 0.894. The van der Waals surface area contributed by atoms with Gasteiger partial charge in [-0.25, -0.2) is 9.36 Å². The lowest BCUT2D eigenvalue weighted by molar-refractivity contribution is -0.149. The van der Waals surface area contributed by atoms with E-state index in [1.165, 1.54) is 173 Å². The van der Waals surface area contributed by atoms with Crippen LogP contribution in [-0.2, 0) is 32.6 Å². The molecule has 362 valence electrons. The minimum atomic E-state index is -4.66. The van der Waals surface area contributed by atoms with E-state index < -0.39 is 50.8 Å². The molecule has 15 heteroatoms. The molecule has 1 aromatic rings. The minimum Gasteiger partial charge on any atom is -0.459 e. The van der Waals surface area contributed by atoms with Gasteiger partial charge >= 0.3 is 19.5 Å². The molecule has 0 amide bonds. The lowest BCUT2D eigenvalue weighted by Gasteiger charge is -2.21. The number of thioether (sulfide) groups is 1. The maximum absolute atomic E-state index is 13.0. The molecular weight excluding hydrogens is 830 g/mol. The third-order valence-electron chi connectivity index (χ3n) is 11.8. The van der Waals surface area contributed by atoms with Crippen LogP contribution in [0.3, 0.4) is 0 Å². The van der Waals surface area contributed by atoms with E-state index in [1.807, 2.05) is 0 Å². The van der Waals surface area contributed by atoms with Gasteiger partial charge in [-0.3, -0.25) is 18.4 Å². The molecule has 1 fully saturated rings. The molecule has 0 aliphatic carbocycles. The summed E-state index contributed by atoms with van der Waals surface area (Å²) >= 11 is 1.65.